The maximum atomic E-state index is 11.8. The van der Waals surface area contributed by atoms with E-state index in [1.54, 1.807) is 0 Å². The Morgan fingerprint density at radius 1 is 1.48 bits per heavy atom. The third-order valence-corrected chi connectivity index (χ3v) is 4.33. The first kappa shape index (κ1) is 18.1. The summed E-state index contributed by atoms with van der Waals surface area (Å²) >= 11 is 2.91. The predicted octanol–water partition coefficient (Wildman–Crippen LogP) is 1.48. The van der Waals surface area contributed by atoms with E-state index in [4.69, 9.17) is 14.3 Å². The van der Waals surface area contributed by atoms with E-state index >= 15 is 0 Å². The van der Waals surface area contributed by atoms with Crippen LogP contribution in [0.1, 0.15) is 30.8 Å². The summed E-state index contributed by atoms with van der Waals surface area (Å²) in [6.45, 7) is 5.52. The largest absolute Gasteiger partial charge is 0.443 e. The van der Waals surface area contributed by atoms with E-state index in [0.717, 1.165) is 12.5 Å². The minimum Gasteiger partial charge on any atom is -0.443 e. The zero-order chi connectivity index (χ0) is 16.0. The molecule has 0 saturated carbocycles. The van der Waals surface area contributed by atoms with Crippen LogP contribution in [0.4, 0.5) is 0 Å². The molecule has 0 spiro atoms. The van der Waals surface area contributed by atoms with Crippen molar-refractivity contribution >= 4 is 31.9 Å². The van der Waals surface area contributed by atoms with Gasteiger partial charge in [-0.1, -0.05) is 13.8 Å². The van der Waals surface area contributed by atoms with E-state index < -0.39 is 15.9 Å². The second-order valence-corrected chi connectivity index (χ2v) is 7.09. The Morgan fingerprint density at radius 2 is 2.14 bits per heavy atom. The van der Waals surface area contributed by atoms with Crippen molar-refractivity contribution in [2.24, 2.45) is 11.1 Å². The Bertz CT molecular complexity index is 582. The monoisotopic (exact) mass is 382 g/mol. The Hall–Kier alpha value is -0.900. The highest BCUT2D eigenvalue weighted by atomic mass is 79.9. The van der Waals surface area contributed by atoms with Crippen molar-refractivity contribution in [1.29, 1.82) is 0 Å². The predicted molar refractivity (Wildman–Crippen MR) is 80.4 cm³/mol. The molecule has 0 aromatic carbocycles. The number of primary sulfonamides is 1. The van der Waals surface area contributed by atoms with Crippen molar-refractivity contribution in [2.75, 3.05) is 19.8 Å². The number of ether oxygens (including phenoxy) is 1. The molecule has 0 aliphatic heterocycles. The lowest BCUT2D eigenvalue weighted by atomic mass is 10.1. The quantitative estimate of drug-likeness (QED) is 0.661. The van der Waals surface area contributed by atoms with E-state index in [2.05, 4.69) is 35.1 Å². The zero-order valence-corrected chi connectivity index (χ0v) is 14.3. The fraction of sp³-hybridized carbons (Fsp3) is 0.583. The lowest BCUT2D eigenvalue weighted by molar-refractivity contribution is 0.0879. The first-order chi connectivity index (χ1) is 9.71. The summed E-state index contributed by atoms with van der Waals surface area (Å²) in [5.41, 5.74) is 0. The fourth-order valence-corrected chi connectivity index (χ4v) is 2.91. The van der Waals surface area contributed by atoms with Crippen LogP contribution in [-0.2, 0) is 14.8 Å². The molecule has 0 aliphatic carbocycles. The van der Waals surface area contributed by atoms with Crippen LogP contribution in [0.25, 0.3) is 0 Å². The standard InChI is InChI=1S/C12H19BrN2O5S/c1-8(2)3-5-19-6-4-15-12(16)9-7-10(11(13)20-9)21(14,17)18/h7-8H,3-6H2,1-2H3,(H,15,16)(H2,14,17,18). The van der Waals surface area contributed by atoms with Crippen LogP contribution in [0, 0.1) is 5.92 Å². The molecule has 7 nitrogen and oxygen atoms in total. The molecule has 1 amide bonds. The van der Waals surface area contributed by atoms with Gasteiger partial charge in [0.05, 0.1) is 6.61 Å². The highest BCUT2D eigenvalue weighted by Crippen LogP contribution is 2.24. The number of sulfonamides is 1. The Morgan fingerprint density at radius 3 is 2.67 bits per heavy atom. The molecular formula is C12H19BrN2O5S. The van der Waals surface area contributed by atoms with Gasteiger partial charge in [0.25, 0.3) is 5.91 Å². The van der Waals surface area contributed by atoms with Crippen LogP contribution in [0.15, 0.2) is 20.0 Å². The van der Waals surface area contributed by atoms with E-state index in [1.807, 2.05) is 0 Å². The number of carbonyl (C=O) groups is 1. The van der Waals surface area contributed by atoms with E-state index in [9.17, 15) is 13.2 Å². The highest BCUT2D eigenvalue weighted by molar-refractivity contribution is 9.10. The van der Waals surface area contributed by atoms with E-state index in [-0.39, 0.29) is 15.3 Å². The molecule has 0 atom stereocenters. The molecule has 1 rings (SSSR count). The summed E-state index contributed by atoms with van der Waals surface area (Å²) < 4.78 is 32.7. The molecule has 0 aliphatic rings. The van der Waals surface area contributed by atoms with Crippen LogP contribution in [0.3, 0.4) is 0 Å². The van der Waals surface area contributed by atoms with Gasteiger partial charge in [0.2, 0.25) is 10.0 Å². The molecular weight excluding hydrogens is 364 g/mol. The molecule has 3 N–H and O–H groups in total. The lowest BCUT2D eigenvalue weighted by Gasteiger charge is -2.06. The van der Waals surface area contributed by atoms with Crippen LogP contribution >= 0.6 is 15.9 Å². The zero-order valence-electron chi connectivity index (χ0n) is 11.9. The molecule has 1 aromatic heterocycles. The average Bonchev–Trinajstić information content (AvgIpc) is 2.75. The molecule has 1 aromatic rings. The van der Waals surface area contributed by atoms with Gasteiger partial charge in [-0.2, -0.15) is 0 Å². The van der Waals surface area contributed by atoms with Crippen LogP contribution in [-0.4, -0.2) is 34.1 Å². The van der Waals surface area contributed by atoms with Crippen molar-refractivity contribution < 1.29 is 22.4 Å². The molecule has 0 radical (unpaired) electrons. The second-order valence-electron chi connectivity index (χ2n) is 4.84. The van der Waals surface area contributed by atoms with Crippen LogP contribution in [0.2, 0.25) is 0 Å². The normalized spacial score (nSPS) is 11.9. The number of carbonyl (C=O) groups excluding carboxylic acids is 1. The van der Waals surface area contributed by atoms with Crippen LogP contribution < -0.4 is 10.5 Å². The van der Waals surface area contributed by atoms with Gasteiger partial charge in [0, 0.05) is 19.2 Å². The number of nitrogens with one attached hydrogen (secondary N) is 1. The molecule has 0 bridgehead atoms. The molecule has 120 valence electrons. The molecule has 21 heavy (non-hydrogen) atoms. The van der Waals surface area contributed by atoms with Gasteiger partial charge in [-0.25, -0.2) is 13.6 Å². The van der Waals surface area contributed by atoms with Crippen molar-refractivity contribution in [3.63, 3.8) is 0 Å². The van der Waals surface area contributed by atoms with Crippen LogP contribution in [0.5, 0.6) is 0 Å². The topological polar surface area (TPSA) is 112 Å². The third kappa shape index (κ3) is 6.16. The Kier molecular flexibility index (Phi) is 6.85. The van der Waals surface area contributed by atoms with Gasteiger partial charge in [-0.3, -0.25) is 4.79 Å². The summed E-state index contributed by atoms with van der Waals surface area (Å²) in [5.74, 6) is -0.0946. The smallest absolute Gasteiger partial charge is 0.287 e. The van der Waals surface area contributed by atoms with E-state index in [1.165, 1.54) is 0 Å². The summed E-state index contributed by atoms with van der Waals surface area (Å²) in [7, 11) is -3.93. The summed E-state index contributed by atoms with van der Waals surface area (Å²) in [6.07, 6.45) is 0.955. The number of hydrogen-bond acceptors (Lipinski definition) is 5. The van der Waals surface area contributed by atoms with Crippen molar-refractivity contribution in [3.8, 4) is 0 Å². The number of hydrogen-bond donors (Lipinski definition) is 2. The van der Waals surface area contributed by atoms with Gasteiger partial charge in [0.15, 0.2) is 10.4 Å². The number of rotatable bonds is 8. The van der Waals surface area contributed by atoms with Crippen molar-refractivity contribution in [3.05, 3.63) is 16.5 Å². The number of furan rings is 1. The summed E-state index contributed by atoms with van der Waals surface area (Å²) in [6, 6.07) is 1.08. The lowest BCUT2D eigenvalue weighted by Crippen LogP contribution is -2.27. The van der Waals surface area contributed by atoms with Gasteiger partial charge >= 0.3 is 0 Å². The van der Waals surface area contributed by atoms with Crippen molar-refractivity contribution in [2.45, 2.75) is 25.2 Å². The Balaban J connectivity index is 2.43. The number of nitrogens with two attached hydrogens (primary N) is 1. The SMILES string of the molecule is CC(C)CCOCCNC(=O)c1cc(S(N)(=O)=O)c(Br)o1. The van der Waals surface area contributed by atoms with Gasteiger partial charge < -0.3 is 14.5 Å². The third-order valence-electron chi connectivity index (χ3n) is 2.56. The minimum atomic E-state index is -3.93. The van der Waals surface area contributed by atoms with Crippen molar-refractivity contribution in [1.82, 2.24) is 5.32 Å². The van der Waals surface area contributed by atoms with Gasteiger partial charge in [-0.15, -0.1) is 0 Å². The second kappa shape index (κ2) is 7.92. The summed E-state index contributed by atoms with van der Waals surface area (Å²) in [5, 5.41) is 7.55. The molecule has 9 heteroatoms. The number of halogens is 1. The van der Waals surface area contributed by atoms with Gasteiger partial charge in [-0.05, 0) is 28.3 Å². The molecule has 0 saturated heterocycles. The maximum Gasteiger partial charge on any atom is 0.287 e. The fourth-order valence-electron chi connectivity index (χ4n) is 1.40. The van der Waals surface area contributed by atoms with E-state index in [0.29, 0.717) is 25.7 Å². The molecule has 0 fully saturated rings. The average molecular weight is 383 g/mol. The Labute approximate surface area is 132 Å². The molecule has 0 unspecified atom stereocenters. The highest BCUT2D eigenvalue weighted by Gasteiger charge is 2.21. The van der Waals surface area contributed by atoms with Gasteiger partial charge in [0.1, 0.15) is 4.90 Å². The maximum absolute atomic E-state index is 11.8. The summed E-state index contributed by atoms with van der Waals surface area (Å²) in [4.78, 5) is 11.5. The molecule has 1 heterocycles. The first-order valence-electron chi connectivity index (χ1n) is 6.40. The number of amides is 1. The first-order valence-corrected chi connectivity index (χ1v) is 8.74. The minimum absolute atomic E-state index is 0.0941.